The van der Waals surface area contributed by atoms with Crippen LogP contribution in [-0.4, -0.2) is 0 Å². The van der Waals surface area contributed by atoms with Crippen molar-refractivity contribution in [3.05, 3.63) is 316 Å². The number of hydrogen-bond donors (Lipinski definition) is 0. The minimum absolute atomic E-state index is 0.203. The summed E-state index contributed by atoms with van der Waals surface area (Å²) in [6, 6.07) is 98.9. The van der Waals surface area contributed by atoms with Gasteiger partial charge in [-0.1, -0.05) is 244 Å². The van der Waals surface area contributed by atoms with Crippen LogP contribution in [0, 0.1) is 0 Å². The van der Waals surface area contributed by atoms with Crippen LogP contribution in [0.4, 0.5) is 17.1 Å². The molecule has 1 heteroatoms. The van der Waals surface area contributed by atoms with Crippen LogP contribution < -0.4 is 4.90 Å². The van der Waals surface area contributed by atoms with Crippen molar-refractivity contribution < 1.29 is 0 Å². The summed E-state index contributed by atoms with van der Waals surface area (Å²) in [5, 5.41) is 0. The molecule has 0 aliphatic heterocycles. The number of fused-ring (bicyclic) bond motifs is 16. The SMILES string of the molecule is CC1(C)c2ccccc2-c2ccc(N(c3ccccc3)c3c4c(cc5c3-c3ccccc3C53c5ccccc5-c5ccccc53)C(c3ccccc3)(c3ccccc3)c3ccc(-c5ccccc5)cc3-4)cc21. The van der Waals surface area contributed by atoms with Crippen molar-refractivity contribution in [2.45, 2.75) is 30.1 Å². The predicted octanol–water partition coefficient (Wildman–Crippen LogP) is 17.8. The van der Waals surface area contributed by atoms with E-state index in [2.05, 4.69) is 280 Å². The maximum Gasteiger partial charge on any atom is 0.0726 e. The van der Waals surface area contributed by atoms with E-state index < -0.39 is 10.8 Å². The van der Waals surface area contributed by atoms with Gasteiger partial charge in [-0.15, -0.1) is 0 Å². The van der Waals surface area contributed by atoms with E-state index in [0.717, 1.165) is 11.4 Å². The second kappa shape index (κ2) is 15.1. The molecule has 11 aromatic rings. The highest BCUT2D eigenvalue weighted by molar-refractivity contribution is 6.10. The van der Waals surface area contributed by atoms with Gasteiger partial charge in [-0.3, -0.25) is 0 Å². The fourth-order valence-corrected chi connectivity index (χ4v) is 14.0. The summed E-state index contributed by atoms with van der Waals surface area (Å²) >= 11 is 0. The Morgan fingerprint density at radius 2 is 0.708 bits per heavy atom. The summed E-state index contributed by atoms with van der Waals surface area (Å²) in [5.74, 6) is 0. The molecule has 15 rings (SSSR count). The molecule has 4 aliphatic rings. The fourth-order valence-electron chi connectivity index (χ4n) is 14.0. The molecule has 0 fully saturated rings. The van der Waals surface area contributed by atoms with Crippen LogP contribution in [0.3, 0.4) is 0 Å². The predicted molar refractivity (Wildman–Crippen MR) is 298 cm³/mol. The van der Waals surface area contributed by atoms with Crippen LogP contribution >= 0.6 is 0 Å². The highest BCUT2D eigenvalue weighted by Gasteiger charge is 2.56. The number of nitrogens with zero attached hydrogens (tertiary/aromatic N) is 1. The van der Waals surface area contributed by atoms with Crippen LogP contribution in [0.2, 0.25) is 0 Å². The molecule has 0 aromatic heterocycles. The van der Waals surface area contributed by atoms with Gasteiger partial charge >= 0.3 is 0 Å². The Balaban J connectivity index is 1.17. The summed E-state index contributed by atoms with van der Waals surface area (Å²) in [6.45, 7) is 4.80. The zero-order valence-electron chi connectivity index (χ0n) is 40.3. The van der Waals surface area contributed by atoms with Gasteiger partial charge in [0.05, 0.1) is 16.5 Å². The maximum atomic E-state index is 2.68. The highest BCUT2D eigenvalue weighted by atomic mass is 15.2. The zero-order valence-corrected chi connectivity index (χ0v) is 40.3. The van der Waals surface area contributed by atoms with Gasteiger partial charge in [0, 0.05) is 27.9 Å². The molecule has 72 heavy (non-hydrogen) atoms. The van der Waals surface area contributed by atoms with Gasteiger partial charge in [0.1, 0.15) is 0 Å². The topological polar surface area (TPSA) is 3.24 Å². The molecule has 0 radical (unpaired) electrons. The lowest BCUT2D eigenvalue weighted by molar-refractivity contribution is 0.660. The molecule has 338 valence electrons. The third kappa shape index (κ3) is 5.27. The first kappa shape index (κ1) is 41.0. The van der Waals surface area contributed by atoms with Gasteiger partial charge in [-0.2, -0.15) is 0 Å². The summed E-state index contributed by atoms with van der Waals surface area (Å²) < 4.78 is 0. The molecule has 0 saturated heterocycles. The summed E-state index contributed by atoms with van der Waals surface area (Å²) in [7, 11) is 0. The van der Waals surface area contributed by atoms with Gasteiger partial charge in [-0.25, -0.2) is 0 Å². The first-order valence-corrected chi connectivity index (χ1v) is 25.4. The second-order valence-electron chi connectivity index (χ2n) is 20.6. The third-order valence-corrected chi connectivity index (χ3v) is 16.9. The molecule has 0 N–H and O–H groups in total. The Kier molecular flexibility index (Phi) is 8.62. The fraction of sp³-hybridized carbons (Fsp3) is 0.0704. The lowest BCUT2D eigenvalue weighted by Gasteiger charge is -2.37. The van der Waals surface area contributed by atoms with E-state index in [9.17, 15) is 0 Å². The monoisotopic (exact) mass is 915 g/mol. The van der Waals surface area contributed by atoms with Crippen molar-refractivity contribution in [2.24, 2.45) is 0 Å². The van der Waals surface area contributed by atoms with Crippen LogP contribution in [0.1, 0.15) is 69.5 Å². The molecule has 1 nitrogen and oxygen atoms in total. The second-order valence-corrected chi connectivity index (χ2v) is 20.6. The molecule has 0 amide bonds. The molecule has 0 unspecified atom stereocenters. The van der Waals surface area contributed by atoms with Crippen LogP contribution in [0.25, 0.3) is 55.6 Å². The van der Waals surface area contributed by atoms with E-state index >= 15 is 0 Å². The van der Waals surface area contributed by atoms with E-state index in [4.69, 9.17) is 0 Å². The minimum Gasteiger partial charge on any atom is -0.309 e. The van der Waals surface area contributed by atoms with Gasteiger partial charge in [-0.05, 0) is 130 Å². The average molecular weight is 916 g/mol. The number of anilines is 3. The molecule has 4 aliphatic carbocycles. The summed E-state index contributed by atoms with van der Waals surface area (Å²) in [5.41, 5.74) is 27.7. The van der Waals surface area contributed by atoms with E-state index in [0.29, 0.717) is 0 Å². The van der Waals surface area contributed by atoms with Crippen LogP contribution in [0.5, 0.6) is 0 Å². The number of rotatable bonds is 6. The van der Waals surface area contributed by atoms with Crippen molar-refractivity contribution in [2.75, 3.05) is 4.90 Å². The van der Waals surface area contributed by atoms with Crippen molar-refractivity contribution in [3.63, 3.8) is 0 Å². The Hall–Kier alpha value is -8.78. The lowest BCUT2D eigenvalue weighted by atomic mass is 9.65. The number of hydrogen-bond acceptors (Lipinski definition) is 1. The Morgan fingerprint density at radius 3 is 1.32 bits per heavy atom. The largest absolute Gasteiger partial charge is 0.309 e. The standard InChI is InChI=1S/C71H49N/c1-69(2)58-35-19-15-31-52(58)55-41-40-51(44-63(55)69)72(50-29-13-6-14-30-50)68-66-56-34-18-22-38-61(56)71(59-36-20-16-32-53(59)54-33-17-21-37-60(54)71)65(66)45-64-67(68)57-43-47(46-23-7-3-8-24-46)39-42-62(57)70(64,48-25-9-4-10-26-48)49-27-11-5-12-28-49/h3-45H,1-2H3. The van der Waals surface area contributed by atoms with E-state index in [-0.39, 0.29) is 5.41 Å². The Morgan fingerprint density at radius 1 is 0.264 bits per heavy atom. The molecule has 0 heterocycles. The Labute approximate surface area is 422 Å². The molecule has 0 atom stereocenters. The van der Waals surface area contributed by atoms with Crippen molar-refractivity contribution in [3.8, 4) is 55.6 Å². The van der Waals surface area contributed by atoms with E-state index in [1.54, 1.807) is 0 Å². The highest BCUT2D eigenvalue weighted by Crippen LogP contribution is 2.70. The molecule has 0 saturated carbocycles. The first-order valence-electron chi connectivity index (χ1n) is 25.4. The van der Waals surface area contributed by atoms with Gasteiger partial charge < -0.3 is 4.90 Å². The smallest absolute Gasteiger partial charge is 0.0726 e. The van der Waals surface area contributed by atoms with Gasteiger partial charge in [0.2, 0.25) is 0 Å². The van der Waals surface area contributed by atoms with Gasteiger partial charge in [0.25, 0.3) is 0 Å². The number of benzene rings is 11. The van der Waals surface area contributed by atoms with Crippen molar-refractivity contribution in [1.82, 2.24) is 0 Å². The van der Waals surface area contributed by atoms with E-state index in [1.165, 1.54) is 117 Å². The molecular weight excluding hydrogens is 867 g/mol. The molecule has 0 bridgehead atoms. The minimum atomic E-state index is -0.691. The lowest BCUT2D eigenvalue weighted by Crippen LogP contribution is -2.30. The Bertz CT molecular complexity index is 3910. The molecule has 11 aromatic carbocycles. The van der Waals surface area contributed by atoms with Crippen molar-refractivity contribution in [1.29, 1.82) is 0 Å². The quantitative estimate of drug-likeness (QED) is 0.161. The molecule has 1 spiro atoms. The zero-order chi connectivity index (χ0) is 47.8. The van der Waals surface area contributed by atoms with Crippen molar-refractivity contribution >= 4 is 17.1 Å². The third-order valence-electron chi connectivity index (χ3n) is 16.9. The summed E-state index contributed by atoms with van der Waals surface area (Å²) in [4.78, 5) is 2.64. The van der Waals surface area contributed by atoms with Gasteiger partial charge in [0.15, 0.2) is 0 Å². The maximum absolute atomic E-state index is 2.68. The molecular formula is C71H49N. The average Bonchev–Trinajstić information content (AvgIpc) is 4.11. The summed E-state index contributed by atoms with van der Waals surface area (Å²) in [6.07, 6.45) is 0. The van der Waals surface area contributed by atoms with Crippen LogP contribution in [-0.2, 0) is 16.2 Å². The van der Waals surface area contributed by atoms with E-state index in [1.807, 2.05) is 0 Å². The number of para-hydroxylation sites is 1. The normalized spacial score (nSPS) is 14.9. The first-order chi connectivity index (χ1) is 35.5. The van der Waals surface area contributed by atoms with Crippen LogP contribution in [0.15, 0.2) is 261 Å².